The van der Waals surface area contributed by atoms with Crippen molar-refractivity contribution in [3.8, 4) is 0 Å². The molecule has 0 fully saturated rings. The Morgan fingerprint density at radius 1 is 0.962 bits per heavy atom. The number of para-hydroxylation sites is 1. The molecule has 2 rings (SSSR count). The van der Waals surface area contributed by atoms with E-state index in [1.165, 1.54) is 24.3 Å². The Labute approximate surface area is 155 Å². The molecule has 0 saturated carbocycles. The van der Waals surface area contributed by atoms with Crippen molar-refractivity contribution < 1.29 is 13.2 Å². The third kappa shape index (κ3) is 4.64. The quantitative estimate of drug-likeness (QED) is 0.801. The number of benzene rings is 2. The van der Waals surface area contributed by atoms with E-state index >= 15 is 0 Å². The second kappa shape index (κ2) is 7.91. The maximum Gasteiger partial charge on any atom is 0.261 e. The Balaban J connectivity index is 2.31. The highest BCUT2D eigenvalue weighted by Gasteiger charge is 2.19. The molecule has 0 aromatic heterocycles. The topological polar surface area (TPSA) is 75.3 Å². The van der Waals surface area contributed by atoms with Crippen molar-refractivity contribution in [3.05, 3.63) is 59.2 Å². The molecule has 5 nitrogen and oxygen atoms in total. The van der Waals surface area contributed by atoms with Crippen molar-refractivity contribution in [1.82, 2.24) is 5.32 Å². The largest absolute Gasteiger partial charge is 0.350 e. The molecule has 26 heavy (non-hydrogen) atoms. The number of nitrogens with one attached hydrogen (secondary N) is 2. The smallest absolute Gasteiger partial charge is 0.261 e. The molecule has 2 aromatic carbocycles. The van der Waals surface area contributed by atoms with Crippen LogP contribution < -0.4 is 10.0 Å². The lowest BCUT2D eigenvalue weighted by Crippen LogP contribution is -2.30. The molecule has 0 radical (unpaired) electrons. The molecular formula is C20H26N2O3S. The average Bonchev–Trinajstić information content (AvgIpc) is 2.56. The van der Waals surface area contributed by atoms with Gasteiger partial charge in [0.15, 0.2) is 0 Å². The van der Waals surface area contributed by atoms with Gasteiger partial charge in [0.05, 0.1) is 10.6 Å². The summed E-state index contributed by atoms with van der Waals surface area (Å²) in [5.74, 6) is -0.0346. The first-order valence-corrected chi connectivity index (χ1v) is 10.1. The van der Waals surface area contributed by atoms with E-state index in [1.807, 2.05) is 52.8 Å². The number of sulfonamides is 1. The maximum atomic E-state index is 12.8. The van der Waals surface area contributed by atoms with Crippen molar-refractivity contribution in [2.45, 2.75) is 51.5 Å². The average molecular weight is 375 g/mol. The van der Waals surface area contributed by atoms with Crippen molar-refractivity contribution >= 4 is 21.6 Å². The molecular weight excluding hydrogens is 348 g/mol. The van der Waals surface area contributed by atoms with Gasteiger partial charge in [0.1, 0.15) is 0 Å². The summed E-state index contributed by atoms with van der Waals surface area (Å²) in [6, 6.07) is 11.7. The molecule has 2 N–H and O–H groups in total. The van der Waals surface area contributed by atoms with Crippen LogP contribution in [0.2, 0.25) is 0 Å². The summed E-state index contributed by atoms with van der Waals surface area (Å²) in [5.41, 5.74) is 2.86. The number of carbonyl (C=O) groups is 1. The van der Waals surface area contributed by atoms with Crippen molar-refractivity contribution in [2.75, 3.05) is 4.72 Å². The minimum atomic E-state index is -3.74. The Bertz CT molecular complexity index is 886. The van der Waals surface area contributed by atoms with Gasteiger partial charge in [0.2, 0.25) is 0 Å². The van der Waals surface area contributed by atoms with E-state index in [9.17, 15) is 13.2 Å². The van der Waals surface area contributed by atoms with Gasteiger partial charge >= 0.3 is 0 Å². The molecule has 0 heterocycles. The summed E-state index contributed by atoms with van der Waals surface area (Å²) in [4.78, 5) is 12.1. The number of amides is 1. The molecule has 2 aromatic rings. The van der Waals surface area contributed by atoms with E-state index in [0.29, 0.717) is 11.3 Å². The number of anilines is 1. The fraction of sp³-hybridized carbons (Fsp3) is 0.350. The van der Waals surface area contributed by atoms with Crippen LogP contribution in [0.25, 0.3) is 0 Å². The van der Waals surface area contributed by atoms with Crippen molar-refractivity contribution in [2.24, 2.45) is 0 Å². The molecule has 0 spiro atoms. The van der Waals surface area contributed by atoms with Gasteiger partial charge in [-0.3, -0.25) is 9.52 Å². The lowest BCUT2D eigenvalue weighted by atomic mass is 9.99. The van der Waals surface area contributed by atoms with E-state index < -0.39 is 10.0 Å². The van der Waals surface area contributed by atoms with Crippen LogP contribution in [0.1, 0.15) is 55.1 Å². The minimum Gasteiger partial charge on any atom is -0.350 e. The highest BCUT2D eigenvalue weighted by Crippen LogP contribution is 2.29. The predicted octanol–water partition coefficient (Wildman–Crippen LogP) is 4.06. The summed E-state index contributed by atoms with van der Waals surface area (Å²) in [6.07, 6.45) is 0. The zero-order valence-corrected chi connectivity index (χ0v) is 16.6. The molecule has 1 amide bonds. The van der Waals surface area contributed by atoms with Crippen LogP contribution in [0.5, 0.6) is 0 Å². The maximum absolute atomic E-state index is 12.8. The Morgan fingerprint density at radius 3 is 2.12 bits per heavy atom. The fourth-order valence-corrected chi connectivity index (χ4v) is 3.80. The Kier molecular flexibility index (Phi) is 6.08. The van der Waals surface area contributed by atoms with Crippen LogP contribution in [-0.2, 0) is 10.0 Å². The van der Waals surface area contributed by atoms with E-state index in [2.05, 4.69) is 10.0 Å². The third-order valence-electron chi connectivity index (χ3n) is 4.01. The first-order valence-electron chi connectivity index (χ1n) is 8.65. The second-order valence-electron chi connectivity index (χ2n) is 6.95. The van der Waals surface area contributed by atoms with Gasteiger partial charge in [-0.25, -0.2) is 8.42 Å². The Morgan fingerprint density at radius 2 is 1.58 bits per heavy atom. The van der Waals surface area contributed by atoms with Gasteiger partial charge in [-0.1, -0.05) is 32.0 Å². The van der Waals surface area contributed by atoms with Crippen LogP contribution in [-0.4, -0.2) is 20.4 Å². The molecule has 0 aliphatic carbocycles. The first-order chi connectivity index (χ1) is 12.1. The molecule has 140 valence electrons. The molecule has 0 bridgehead atoms. The zero-order chi connectivity index (χ0) is 19.5. The van der Waals surface area contributed by atoms with Gasteiger partial charge in [-0.05, 0) is 62.1 Å². The number of carbonyl (C=O) groups excluding carboxylic acids is 1. The molecule has 0 atom stereocenters. The highest BCUT2D eigenvalue weighted by molar-refractivity contribution is 7.92. The SMILES string of the molecule is Cc1cccc(C(C)C)c1NS(=O)(=O)c1ccc(C(=O)NC(C)C)cc1. The monoisotopic (exact) mass is 374 g/mol. The van der Waals surface area contributed by atoms with Crippen LogP contribution in [0, 0.1) is 6.92 Å². The van der Waals surface area contributed by atoms with Crippen LogP contribution in [0.15, 0.2) is 47.4 Å². The highest BCUT2D eigenvalue weighted by atomic mass is 32.2. The molecule has 0 aliphatic rings. The Hall–Kier alpha value is -2.34. The van der Waals surface area contributed by atoms with Gasteiger partial charge in [-0.2, -0.15) is 0 Å². The number of hydrogen-bond acceptors (Lipinski definition) is 3. The fourth-order valence-electron chi connectivity index (χ4n) is 2.64. The van der Waals surface area contributed by atoms with E-state index in [0.717, 1.165) is 11.1 Å². The van der Waals surface area contributed by atoms with Gasteiger partial charge in [0.25, 0.3) is 15.9 Å². The molecule has 0 aliphatic heterocycles. The number of rotatable bonds is 6. The summed E-state index contributed by atoms with van der Waals surface area (Å²) in [7, 11) is -3.74. The van der Waals surface area contributed by atoms with Gasteiger partial charge < -0.3 is 5.32 Å². The number of hydrogen-bond donors (Lipinski definition) is 2. The van der Waals surface area contributed by atoms with Crippen LogP contribution in [0.4, 0.5) is 5.69 Å². The summed E-state index contributed by atoms with van der Waals surface area (Å²) in [5, 5.41) is 2.78. The molecule has 0 unspecified atom stereocenters. The number of aryl methyl sites for hydroxylation is 1. The summed E-state index contributed by atoms with van der Waals surface area (Å²) in [6.45, 7) is 9.66. The van der Waals surface area contributed by atoms with Crippen molar-refractivity contribution in [3.63, 3.8) is 0 Å². The van der Waals surface area contributed by atoms with E-state index in [1.54, 1.807) is 0 Å². The lowest BCUT2D eigenvalue weighted by molar-refractivity contribution is 0.0943. The third-order valence-corrected chi connectivity index (χ3v) is 5.38. The first kappa shape index (κ1) is 20.0. The normalized spacial score (nSPS) is 11.7. The van der Waals surface area contributed by atoms with Crippen molar-refractivity contribution in [1.29, 1.82) is 0 Å². The summed E-state index contributed by atoms with van der Waals surface area (Å²) < 4.78 is 28.3. The van der Waals surface area contributed by atoms with E-state index in [4.69, 9.17) is 0 Å². The van der Waals surface area contributed by atoms with Crippen LogP contribution >= 0.6 is 0 Å². The standard InChI is InChI=1S/C20H26N2O3S/c1-13(2)18-8-6-7-15(5)19(18)22-26(24,25)17-11-9-16(10-12-17)20(23)21-14(3)4/h6-14,22H,1-5H3,(H,21,23). The summed E-state index contributed by atoms with van der Waals surface area (Å²) >= 11 is 0. The second-order valence-corrected chi connectivity index (χ2v) is 8.63. The van der Waals surface area contributed by atoms with Gasteiger partial charge in [-0.15, -0.1) is 0 Å². The zero-order valence-electron chi connectivity index (χ0n) is 15.8. The molecule has 0 saturated heterocycles. The lowest BCUT2D eigenvalue weighted by Gasteiger charge is -2.17. The van der Waals surface area contributed by atoms with Crippen LogP contribution in [0.3, 0.4) is 0 Å². The minimum absolute atomic E-state index is 0.0167. The molecule has 6 heteroatoms. The predicted molar refractivity (Wildman–Crippen MR) is 105 cm³/mol. The van der Waals surface area contributed by atoms with E-state index in [-0.39, 0.29) is 22.8 Å². The van der Waals surface area contributed by atoms with Gasteiger partial charge in [0, 0.05) is 11.6 Å².